The average molecular weight is 281 g/mol. The van der Waals surface area contributed by atoms with Crippen LogP contribution in [0.1, 0.15) is 31.2 Å². The van der Waals surface area contributed by atoms with Gasteiger partial charge in [0.2, 0.25) is 10.0 Å². The van der Waals surface area contributed by atoms with Crippen molar-refractivity contribution in [3.8, 4) is 0 Å². The predicted molar refractivity (Wildman–Crippen MR) is 71.9 cm³/mol. The summed E-state index contributed by atoms with van der Waals surface area (Å²) in [7, 11) is -3.52. The van der Waals surface area contributed by atoms with E-state index in [1.165, 1.54) is 6.42 Å². The van der Waals surface area contributed by atoms with Gasteiger partial charge in [-0.3, -0.25) is 0 Å². The lowest BCUT2D eigenvalue weighted by Gasteiger charge is -2.23. The van der Waals surface area contributed by atoms with E-state index in [4.69, 9.17) is 0 Å². The Kier molecular flexibility index (Phi) is 3.37. The van der Waals surface area contributed by atoms with Crippen molar-refractivity contribution < 1.29 is 13.5 Å². The topological polar surface area (TPSA) is 66.4 Å². The SMILES string of the molecule is O=S(=O)(NC1CC2CCC1C2)c1ccccc1CO. The quantitative estimate of drug-likeness (QED) is 0.882. The zero-order chi connectivity index (χ0) is 13.5. The minimum absolute atomic E-state index is 0.0792. The van der Waals surface area contributed by atoms with Crippen molar-refractivity contribution in [2.45, 2.75) is 43.2 Å². The molecule has 19 heavy (non-hydrogen) atoms. The number of hydrogen-bond acceptors (Lipinski definition) is 3. The summed E-state index contributed by atoms with van der Waals surface area (Å²) in [5, 5.41) is 9.26. The number of aliphatic hydroxyl groups excluding tert-OH is 1. The van der Waals surface area contributed by atoms with Gasteiger partial charge in [0.25, 0.3) is 0 Å². The summed E-state index contributed by atoms with van der Waals surface area (Å²) in [5.74, 6) is 1.20. The van der Waals surface area contributed by atoms with Gasteiger partial charge in [0.15, 0.2) is 0 Å². The van der Waals surface area contributed by atoms with E-state index in [1.54, 1.807) is 24.3 Å². The summed E-state index contributed by atoms with van der Waals surface area (Å²) in [6.45, 7) is -0.256. The summed E-state index contributed by atoms with van der Waals surface area (Å²) in [6, 6.07) is 6.71. The Morgan fingerprint density at radius 1 is 1.21 bits per heavy atom. The van der Waals surface area contributed by atoms with Crippen LogP contribution >= 0.6 is 0 Å². The van der Waals surface area contributed by atoms with Crippen molar-refractivity contribution >= 4 is 10.0 Å². The first kappa shape index (κ1) is 13.1. The third-order valence-corrected chi connectivity index (χ3v) is 6.07. The van der Waals surface area contributed by atoms with Gasteiger partial charge < -0.3 is 5.11 Å². The van der Waals surface area contributed by atoms with Gasteiger partial charge in [0, 0.05) is 6.04 Å². The summed E-state index contributed by atoms with van der Waals surface area (Å²) >= 11 is 0. The van der Waals surface area contributed by atoms with E-state index in [2.05, 4.69) is 4.72 Å². The molecule has 2 aliphatic rings. The number of hydrogen-bond donors (Lipinski definition) is 2. The molecule has 0 spiro atoms. The lowest BCUT2D eigenvalue weighted by molar-refractivity contribution is 0.278. The molecule has 3 rings (SSSR count). The molecule has 1 aromatic carbocycles. The van der Waals surface area contributed by atoms with Crippen LogP contribution in [0.25, 0.3) is 0 Å². The van der Waals surface area contributed by atoms with Gasteiger partial charge in [0.05, 0.1) is 11.5 Å². The van der Waals surface area contributed by atoms with Crippen LogP contribution in [0, 0.1) is 11.8 Å². The second-order valence-electron chi connectivity index (χ2n) is 5.67. The fourth-order valence-electron chi connectivity index (χ4n) is 3.55. The van der Waals surface area contributed by atoms with Crippen LogP contribution in [0.15, 0.2) is 29.2 Å². The molecule has 3 unspecified atom stereocenters. The van der Waals surface area contributed by atoms with Crippen LogP contribution in [0.5, 0.6) is 0 Å². The smallest absolute Gasteiger partial charge is 0.241 e. The fourth-order valence-corrected chi connectivity index (χ4v) is 5.10. The Labute approximate surface area is 113 Å². The largest absolute Gasteiger partial charge is 0.392 e. The Hall–Kier alpha value is -0.910. The Morgan fingerprint density at radius 2 is 2.00 bits per heavy atom. The van der Waals surface area contributed by atoms with E-state index in [9.17, 15) is 13.5 Å². The molecular weight excluding hydrogens is 262 g/mol. The third kappa shape index (κ3) is 2.42. The number of sulfonamides is 1. The Morgan fingerprint density at radius 3 is 2.63 bits per heavy atom. The molecule has 2 fully saturated rings. The second kappa shape index (κ2) is 4.89. The van der Waals surface area contributed by atoms with Crippen molar-refractivity contribution in [3.05, 3.63) is 29.8 Å². The van der Waals surface area contributed by atoms with Gasteiger partial charge in [-0.25, -0.2) is 13.1 Å². The molecule has 1 aromatic rings. The molecule has 0 radical (unpaired) electrons. The van der Waals surface area contributed by atoms with Gasteiger partial charge in [-0.2, -0.15) is 0 Å². The van der Waals surface area contributed by atoms with E-state index in [-0.39, 0.29) is 17.5 Å². The van der Waals surface area contributed by atoms with Gasteiger partial charge in [-0.05, 0) is 42.7 Å². The van der Waals surface area contributed by atoms with Crippen molar-refractivity contribution in [1.82, 2.24) is 4.72 Å². The van der Waals surface area contributed by atoms with Crippen molar-refractivity contribution in [2.24, 2.45) is 11.8 Å². The maximum absolute atomic E-state index is 12.4. The standard InChI is InChI=1S/C14H19NO3S/c16-9-12-3-1-2-4-14(12)19(17,18)15-13-8-10-5-6-11(13)7-10/h1-4,10-11,13,15-16H,5-9H2. The monoisotopic (exact) mass is 281 g/mol. The maximum atomic E-state index is 12.4. The van der Waals surface area contributed by atoms with E-state index in [0.717, 1.165) is 19.3 Å². The minimum atomic E-state index is -3.52. The van der Waals surface area contributed by atoms with Gasteiger partial charge in [0.1, 0.15) is 0 Å². The highest BCUT2D eigenvalue weighted by molar-refractivity contribution is 7.89. The zero-order valence-corrected chi connectivity index (χ0v) is 11.6. The van der Waals surface area contributed by atoms with E-state index in [0.29, 0.717) is 17.4 Å². The predicted octanol–water partition coefficient (Wildman–Crippen LogP) is 1.65. The molecule has 2 bridgehead atoms. The highest BCUT2D eigenvalue weighted by atomic mass is 32.2. The second-order valence-corrected chi connectivity index (χ2v) is 7.35. The zero-order valence-electron chi connectivity index (χ0n) is 10.7. The third-order valence-electron chi connectivity index (χ3n) is 4.48. The van der Waals surface area contributed by atoms with Crippen LogP contribution in [-0.4, -0.2) is 19.6 Å². The highest BCUT2D eigenvalue weighted by Crippen LogP contribution is 2.44. The number of aliphatic hydroxyl groups is 1. The van der Waals surface area contributed by atoms with E-state index < -0.39 is 10.0 Å². The molecule has 0 amide bonds. The molecule has 104 valence electrons. The number of fused-ring (bicyclic) bond motifs is 2. The maximum Gasteiger partial charge on any atom is 0.241 e. The van der Waals surface area contributed by atoms with Crippen LogP contribution in [-0.2, 0) is 16.6 Å². The molecule has 2 saturated carbocycles. The van der Waals surface area contributed by atoms with Crippen molar-refractivity contribution in [2.75, 3.05) is 0 Å². The fraction of sp³-hybridized carbons (Fsp3) is 0.571. The molecule has 0 aromatic heterocycles. The summed E-state index contributed by atoms with van der Waals surface area (Å²) in [4.78, 5) is 0.209. The molecule has 5 heteroatoms. The highest BCUT2D eigenvalue weighted by Gasteiger charge is 2.41. The first-order chi connectivity index (χ1) is 9.10. The molecule has 0 aliphatic heterocycles. The lowest BCUT2D eigenvalue weighted by Crippen LogP contribution is -2.38. The first-order valence-corrected chi connectivity index (χ1v) is 8.29. The molecule has 0 saturated heterocycles. The normalized spacial score (nSPS) is 29.8. The molecule has 4 nitrogen and oxygen atoms in total. The number of nitrogens with one attached hydrogen (secondary N) is 1. The minimum Gasteiger partial charge on any atom is -0.392 e. The molecule has 2 aliphatic carbocycles. The van der Waals surface area contributed by atoms with Crippen LogP contribution < -0.4 is 4.72 Å². The van der Waals surface area contributed by atoms with Crippen LogP contribution in [0.3, 0.4) is 0 Å². The first-order valence-electron chi connectivity index (χ1n) is 6.81. The number of rotatable bonds is 4. The van der Waals surface area contributed by atoms with Crippen LogP contribution in [0.2, 0.25) is 0 Å². The Bertz CT molecular complexity index is 570. The van der Waals surface area contributed by atoms with Crippen molar-refractivity contribution in [1.29, 1.82) is 0 Å². The van der Waals surface area contributed by atoms with Crippen LogP contribution in [0.4, 0.5) is 0 Å². The van der Waals surface area contributed by atoms with Gasteiger partial charge >= 0.3 is 0 Å². The molecule has 3 atom stereocenters. The summed E-state index contributed by atoms with van der Waals surface area (Å²) in [6.07, 6.45) is 4.51. The molecule has 2 N–H and O–H groups in total. The van der Waals surface area contributed by atoms with Crippen molar-refractivity contribution in [3.63, 3.8) is 0 Å². The molecule has 0 heterocycles. The van der Waals surface area contributed by atoms with E-state index in [1.807, 2.05) is 0 Å². The van der Waals surface area contributed by atoms with E-state index >= 15 is 0 Å². The average Bonchev–Trinajstić information content (AvgIpc) is 3.00. The van der Waals surface area contributed by atoms with Gasteiger partial charge in [-0.1, -0.05) is 24.6 Å². The lowest BCUT2D eigenvalue weighted by atomic mass is 9.96. The van der Waals surface area contributed by atoms with Gasteiger partial charge in [-0.15, -0.1) is 0 Å². The number of benzene rings is 1. The summed E-state index contributed by atoms with van der Waals surface area (Å²) < 4.78 is 27.7. The Balaban J connectivity index is 1.83. The molecular formula is C14H19NO3S. The summed E-state index contributed by atoms with van der Waals surface area (Å²) in [5.41, 5.74) is 0.457.